The molecule has 0 spiro atoms. The van der Waals surface area contributed by atoms with Gasteiger partial charge in [-0.05, 0) is 63.7 Å². The van der Waals surface area contributed by atoms with Crippen LogP contribution in [-0.2, 0) is 4.79 Å². The molecule has 1 aromatic carbocycles. The van der Waals surface area contributed by atoms with Crippen LogP contribution in [0, 0.1) is 17.7 Å². The van der Waals surface area contributed by atoms with Crippen LogP contribution in [0.3, 0.4) is 0 Å². The highest BCUT2D eigenvalue weighted by molar-refractivity contribution is 5.91. The lowest BCUT2D eigenvalue weighted by molar-refractivity contribution is -0.117. The van der Waals surface area contributed by atoms with Crippen LogP contribution in [0.25, 0.3) is 0 Å². The van der Waals surface area contributed by atoms with Crippen molar-refractivity contribution in [2.75, 3.05) is 18.4 Å². The maximum atomic E-state index is 14.0. The summed E-state index contributed by atoms with van der Waals surface area (Å²) in [5, 5.41) is 6.00. The second-order valence-corrected chi connectivity index (χ2v) is 6.63. The highest BCUT2D eigenvalue weighted by atomic mass is 19.1. The van der Waals surface area contributed by atoms with E-state index in [-0.39, 0.29) is 17.7 Å². The van der Waals surface area contributed by atoms with Crippen LogP contribution in [0.2, 0.25) is 0 Å². The third kappa shape index (κ3) is 5.50. The number of nitrogens with one attached hydrogen (secondary N) is 2. The molecular formula is C18H27FN2O2. The minimum absolute atomic E-state index is 0.0133. The molecule has 1 saturated heterocycles. The first-order valence-electron chi connectivity index (χ1n) is 8.42. The summed E-state index contributed by atoms with van der Waals surface area (Å²) in [5.74, 6) is 0.745. The number of carbonyl (C=O) groups excluding carboxylic acids is 1. The molecule has 2 N–H and O–H groups in total. The van der Waals surface area contributed by atoms with Crippen LogP contribution in [0.5, 0.6) is 5.75 Å². The SMILES string of the molecule is CC(C)Oc1ccc(NC(=O)CC(C)C2CCNCC2)c(F)c1. The highest BCUT2D eigenvalue weighted by Gasteiger charge is 2.22. The molecule has 128 valence electrons. The Balaban J connectivity index is 1.89. The van der Waals surface area contributed by atoms with Crippen LogP contribution in [0.4, 0.5) is 10.1 Å². The molecule has 1 aliphatic rings. The average molecular weight is 322 g/mol. The number of piperidine rings is 1. The molecular weight excluding hydrogens is 295 g/mol. The lowest BCUT2D eigenvalue weighted by atomic mass is 9.84. The zero-order valence-electron chi connectivity index (χ0n) is 14.2. The molecule has 23 heavy (non-hydrogen) atoms. The van der Waals surface area contributed by atoms with Gasteiger partial charge in [0, 0.05) is 12.5 Å². The van der Waals surface area contributed by atoms with E-state index in [0.717, 1.165) is 25.9 Å². The number of rotatable bonds is 6. The molecule has 0 aromatic heterocycles. The van der Waals surface area contributed by atoms with E-state index in [1.54, 1.807) is 12.1 Å². The van der Waals surface area contributed by atoms with Crippen molar-refractivity contribution in [1.82, 2.24) is 5.32 Å². The van der Waals surface area contributed by atoms with Gasteiger partial charge in [-0.2, -0.15) is 0 Å². The first-order chi connectivity index (χ1) is 11.0. The first kappa shape index (κ1) is 17.7. The summed E-state index contributed by atoms with van der Waals surface area (Å²) in [7, 11) is 0. The van der Waals surface area contributed by atoms with E-state index < -0.39 is 5.82 Å². The molecule has 5 heteroatoms. The van der Waals surface area contributed by atoms with Crippen molar-refractivity contribution in [2.45, 2.75) is 46.1 Å². The van der Waals surface area contributed by atoms with Crippen LogP contribution in [-0.4, -0.2) is 25.1 Å². The molecule has 1 aliphatic heterocycles. The fourth-order valence-corrected chi connectivity index (χ4v) is 3.02. The van der Waals surface area contributed by atoms with E-state index in [9.17, 15) is 9.18 Å². The Morgan fingerprint density at radius 1 is 1.35 bits per heavy atom. The quantitative estimate of drug-likeness (QED) is 0.842. The molecule has 1 aromatic rings. The number of ether oxygens (including phenoxy) is 1. The number of halogens is 1. The monoisotopic (exact) mass is 322 g/mol. The van der Waals surface area contributed by atoms with Crippen LogP contribution < -0.4 is 15.4 Å². The van der Waals surface area contributed by atoms with Gasteiger partial charge in [-0.1, -0.05) is 6.92 Å². The summed E-state index contributed by atoms with van der Waals surface area (Å²) in [5.41, 5.74) is 0.212. The van der Waals surface area contributed by atoms with Crippen molar-refractivity contribution < 1.29 is 13.9 Å². The van der Waals surface area contributed by atoms with Gasteiger partial charge < -0.3 is 15.4 Å². The van der Waals surface area contributed by atoms with Crippen LogP contribution >= 0.6 is 0 Å². The van der Waals surface area contributed by atoms with Gasteiger partial charge in [0.05, 0.1) is 11.8 Å². The number of benzene rings is 1. The summed E-state index contributed by atoms with van der Waals surface area (Å²) in [4.78, 5) is 12.2. The predicted molar refractivity (Wildman–Crippen MR) is 90.2 cm³/mol. The summed E-state index contributed by atoms with van der Waals surface area (Å²) >= 11 is 0. The van der Waals surface area contributed by atoms with Crippen molar-refractivity contribution >= 4 is 11.6 Å². The molecule has 0 saturated carbocycles. The standard InChI is InChI=1S/C18H27FN2O2/c1-12(2)23-15-4-5-17(16(19)11-15)21-18(22)10-13(3)14-6-8-20-9-7-14/h4-5,11-14,20H,6-10H2,1-3H3,(H,21,22). The van der Waals surface area contributed by atoms with Gasteiger partial charge in [-0.15, -0.1) is 0 Å². The fourth-order valence-electron chi connectivity index (χ4n) is 3.02. The Labute approximate surface area is 137 Å². The van der Waals surface area contributed by atoms with Crippen molar-refractivity contribution in [1.29, 1.82) is 0 Å². The lowest BCUT2D eigenvalue weighted by Crippen LogP contribution is -2.32. The first-order valence-corrected chi connectivity index (χ1v) is 8.42. The minimum Gasteiger partial charge on any atom is -0.491 e. The van der Waals surface area contributed by atoms with Gasteiger partial charge in [0.2, 0.25) is 5.91 Å². The van der Waals surface area contributed by atoms with Crippen molar-refractivity contribution in [3.8, 4) is 5.75 Å². The van der Waals surface area contributed by atoms with E-state index in [1.165, 1.54) is 6.07 Å². The number of amides is 1. The van der Waals surface area contributed by atoms with Gasteiger partial charge in [-0.3, -0.25) is 4.79 Å². The van der Waals surface area contributed by atoms with E-state index >= 15 is 0 Å². The van der Waals surface area contributed by atoms with Gasteiger partial charge in [0.15, 0.2) is 0 Å². The Hall–Kier alpha value is -1.62. The Morgan fingerprint density at radius 2 is 2.04 bits per heavy atom. The molecule has 0 aliphatic carbocycles. The van der Waals surface area contributed by atoms with E-state index in [0.29, 0.717) is 24.0 Å². The minimum atomic E-state index is -0.467. The largest absolute Gasteiger partial charge is 0.491 e. The highest BCUT2D eigenvalue weighted by Crippen LogP contribution is 2.26. The summed E-state index contributed by atoms with van der Waals surface area (Å²) < 4.78 is 19.5. The van der Waals surface area contributed by atoms with Crippen LogP contribution in [0.1, 0.15) is 40.0 Å². The Morgan fingerprint density at radius 3 is 2.65 bits per heavy atom. The van der Waals surface area contributed by atoms with Crippen molar-refractivity contribution in [3.63, 3.8) is 0 Å². The number of anilines is 1. The number of hydrogen-bond acceptors (Lipinski definition) is 3. The second-order valence-electron chi connectivity index (χ2n) is 6.63. The molecule has 4 nitrogen and oxygen atoms in total. The van der Waals surface area contributed by atoms with Gasteiger partial charge in [0.25, 0.3) is 0 Å². The zero-order chi connectivity index (χ0) is 16.8. The van der Waals surface area contributed by atoms with E-state index in [2.05, 4.69) is 17.6 Å². The molecule has 0 radical (unpaired) electrons. The van der Waals surface area contributed by atoms with Crippen LogP contribution in [0.15, 0.2) is 18.2 Å². The predicted octanol–water partition coefficient (Wildman–Crippen LogP) is 3.58. The molecule has 1 unspecified atom stereocenters. The van der Waals surface area contributed by atoms with Crippen molar-refractivity contribution in [2.24, 2.45) is 11.8 Å². The second kappa shape index (κ2) is 8.29. The average Bonchev–Trinajstić information content (AvgIpc) is 2.50. The van der Waals surface area contributed by atoms with Gasteiger partial charge in [0.1, 0.15) is 11.6 Å². The smallest absolute Gasteiger partial charge is 0.224 e. The third-order valence-corrected chi connectivity index (χ3v) is 4.28. The molecule has 1 heterocycles. The maximum absolute atomic E-state index is 14.0. The molecule has 1 fully saturated rings. The fraction of sp³-hybridized carbons (Fsp3) is 0.611. The number of carbonyl (C=O) groups is 1. The molecule has 0 bridgehead atoms. The summed E-state index contributed by atoms with van der Waals surface area (Å²) in [6.07, 6.45) is 2.61. The summed E-state index contributed by atoms with van der Waals surface area (Å²) in [6.45, 7) is 7.90. The third-order valence-electron chi connectivity index (χ3n) is 4.28. The Bertz CT molecular complexity index is 528. The molecule has 2 rings (SSSR count). The molecule has 1 amide bonds. The molecule has 1 atom stereocenters. The maximum Gasteiger partial charge on any atom is 0.224 e. The van der Waals surface area contributed by atoms with Gasteiger partial charge >= 0.3 is 0 Å². The number of hydrogen-bond donors (Lipinski definition) is 2. The summed E-state index contributed by atoms with van der Waals surface area (Å²) in [6, 6.07) is 4.54. The van der Waals surface area contributed by atoms with E-state index in [4.69, 9.17) is 4.74 Å². The topological polar surface area (TPSA) is 50.4 Å². The Kier molecular flexibility index (Phi) is 6.39. The lowest BCUT2D eigenvalue weighted by Gasteiger charge is -2.27. The normalized spacial score (nSPS) is 17.1. The zero-order valence-corrected chi connectivity index (χ0v) is 14.2. The van der Waals surface area contributed by atoms with Crippen molar-refractivity contribution in [3.05, 3.63) is 24.0 Å². The van der Waals surface area contributed by atoms with Gasteiger partial charge in [-0.25, -0.2) is 4.39 Å². The van der Waals surface area contributed by atoms with E-state index in [1.807, 2.05) is 13.8 Å².